The Bertz CT molecular complexity index is 845. The minimum atomic E-state index is -2.00. The van der Waals surface area contributed by atoms with Gasteiger partial charge in [-0.15, -0.1) is 0 Å². The van der Waals surface area contributed by atoms with E-state index in [1.165, 1.54) is 96.3 Å². The summed E-state index contributed by atoms with van der Waals surface area (Å²) >= 11 is 0.984. The zero-order valence-corrected chi connectivity index (χ0v) is 26.8. The molecule has 0 amide bonds. The van der Waals surface area contributed by atoms with Crippen molar-refractivity contribution in [3.8, 4) is 0 Å². The van der Waals surface area contributed by atoms with Gasteiger partial charge in [0.1, 0.15) is 11.6 Å². The van der Waals surface area contributed by atoms with Gasteiger partial charge in [-0.05, 0) is 38.1 Å². The van der Waals surface area contributed by atoms with Crippen LogP contribution in [0.3, 0.4) is 0 Å². The quantitative estimate of drug-likeness (QED) is 0.0620. The first kappa shape index (κ1) is 35.0. The molecule has 215 valence electrons. The average Bonchev–Trinajstić information content (AvgIpc) is 3.49. The van der Waals surface area contributed by atoms with Crippen molar-refractivity contribution >= 4 is 18.5 Å². The van der Waals surface area contributed by atoms with Crippen LogP contribution in [0.5, 0.6) is 0 Å². The van der Waals surface area contributed by atoms with E-state index in [-0.39, 0.29) is 5.66 Å². The van der Waals surface area contributed by atoms with Gasteiger partial charge >= 0.3 is 49.9 Å². The third kappa shape index (κ3) is 14.9. The SMILES string of the molecule is CCCCCCCCCCP(=C=O)(CCCCCCCCCC)C1C=CC=CC1=C=O.[CH3][Mn][C]1=CC=CC1. The summed E-state index contributed by atoms with van der Waals surface area (Å²) in [4.78, 5) is 24.0. The molecule has 0 spiro atoms. The molecule has 2 aliphatic rings. The van der Waals surface area contributed by atoms with E-state index in [0.29, 0.717) is 5.57 Å². The molecule has 0 saturated heterocycles. The molecule has 0 heterocycles. The van der Waals surface area contributed by atoms with Crippen LogP contribution in [0.4, 0.5) is 0 Å². The van der Waals surface area contributed by atoms with E-state index in [2.05, 4.69) is 55.6 Å². The molecule has 0 saturated carbocycles. The number of rotatable bonds is 20. The van der Waals surface area contributed by atoms with Gasteiger partial charge in [0.2, 0.25) is 0 Å². The van der Waals surface area contributed by atoms with Crippen LogP contribution in [-0.2, 0) is 24.5 Å². The molecule has 0 fully saturated rings. The Balaban J connectivity index is 0.000000884. The predicted octanol–water partition coefficient (Wildman–Crippen LogP) is 10.6. The molecular formula is C34H55MnO2P. The molecule has 1 unspecified atom stereocenters. The van der Waals surface area contributed by atoms with Crippen LogP contribution in [0, 0.1) is 0 Å². The van der Waals surface area contributed by atoms with Crippen molar-refractivity contribution in [3.05, 3.63) is 52.6 Å². The first-order valence-corrected chi connectivity index (χ1v) is 19.4. The monoisotopic (exact) mass is 581 g/mol. The summed E-state index contributed by atoms with van der Waals surface area (Å²) in [5.74, 6) is 4.36. The Hall–Kier alpha value is -1.06. The van der Waals surface area contributed by atoms with Crippen molar-refractivity contribution < 1.29 is 24.5 Å². The predicted molar refractivity (Wildman–Crippen MR) is 167 cm³/mol. The van der Waals surface area contributed by atoms with Crippen LogP contribution in [0.15, 0.2) is 52.6 Å². The second-order valence-corrected chi connectivity index (χ2v) is 15.8. The van der Waals surface area contributed by atoms with Crippen molar-refractivity contribution in [1.29, 1.82) is 0 Å². The topological polar surface area (TPSA) is 34.1 Å². The Morgan fingerprint density at radius 2 is 1.29 bits per heavy atom. The summed E-state index contributed by atoms with van der Waals surface area (Å²) in [6.07, 6.45) is 37.8. The number of hydrogen-bond acceptors (Lipinski definition) is 2. The zero-order chi connectivity index (χ0) is 27.7. The van der Waals surface area contributed by atoms with E-state index >= 15 is 0 Å². The molecule has 1 atom stereocenters. The van der Waals surface area contributed by atoms with E-state index in [0.717, 1.165) is 40.1 Å². The molecule has 0 radical (unpaired) electrons. The van der Waals surface area contributed by atoms with Gasteiger partial charge in [0.25, 0.3) is 0 Å². The van der Waals surface area contributed by atoms with Crippen LogP contribution < -0.4 is 0 Å². The first-order valence-electron chi connectivity index (χ1n) is 15.4. The Morgan fingerprint density at radius 3 is 1.68 bits per heavy atom. The number of allylic oxidation sites excluding steroid dienone is 9. The van der Waals surface area contributed by atoms with Crippen LogP contribution in [0.25, 0.3) is 0 Å². The van der Waals surface area contributed by atoms with Gasteiger partial charge in [-0.2, -0.15) is 0 Å². The normalized spacial score (nSPS) is 16.1. The number of unbranched alkanes of at least 4 members (excludes halogenated alkanes) is 14. The molecule has 0 N–H and O–H groups in total. The molecule has 2 nitrogen and oxygen atoms in total. The summed E-state index contributed by atoms with van der Waals surface area (Å²) < 4.78 is 1.59. The summed E-state index contributed by atoms with van der Waals surface area (Å²) in [7, 11) is 0. The van der Waals surface area contributed by atoms with E-state index < -0.39 is 6.89 Å². The van der Waals surface area contributed by atoms with E-state index in [9.17, 15) is 9.59 Å². The fourth-order valence-corrected chi connectivity index (χ4v) is 9.65. The van der Waals surface area contributed by atoms with Gasteiger partial charge in [0.15, 0.2) is 0 Å². The van der Waals surface area contributed by atoms with E-state index in [1.54, 1.807) is 4.47 Å². The number of carbonyl (C=O) groups excluding carboxylic acids is 2. The number of hydrogen-bond donors (Lipinski definition) is 0. The zero-order valence-electron chi connectivity index (χ0n) is 24.7. The van der Waals surface area contributed by atoms with Gasteiger partial charge in [-0.1, -0.05) is 122 Å². The van der Waals surface area contributed by atoms with Crippen LogP contribution in [0.2, 0.25) is 5.82 Å². The summed E-state index contributed by atoms with van der Waals surface area (Å²) in [5.41, 5.74) is 3.17. The van der Waals surface area contributed by atoms with Crippen molar-refractivity contribution in [1.82, 2.24) is 0 Å². The molecule has 0 aliphatic heterocycles. The molecule has 0 aromatic carbocycles. The van der Waals surface area contributed by atoms with Crippen molar-refractivity contribution in [2.75, 3.05) is 12.3 Å². The first-order chi connectivity index (χ1) is 18.7. The summed E-state index contributed by atoms with van der Waals surface area (Å²) in [6, 6.07) is 0. The molecule has 4 heteroatoms. The van der Waals surface area contributed by atoms with Crippen LogP contribution in [0.1, 0.15) is 123 Å². The van der Waals surface area contributed by atoms with Gasteiger partial charge in [0, 0.05) is 11.2 Å². The van der Waals surface area contributed by atoms with Crippen LogP contribution >= 0.6 is 6.89 Å². The standard InChI is InChI=1S/C28H47O2P.C5H5.CH3.Mn/c1-3-5-7-9-11-13-15-19-23-31(26-30,28-22-18-17-21-27(28)25-29)24-20-16-14-12-10-8-6-4-2;1-2-4-5-3-1;;/h17-18,21-22,28H,3-16,19-20,23-24H2,1-2H3;1-3H,4H2;1H3;. The third-order valence-electron chi connectivity index (χ3n) is 7.62. The second kappa shape index (κ2) is 23.8. The maximum atomic E-state index is 12.4. The molecular weight excluding hydrogens is 526 g/mol. The van der Waals surface area contributed by atoms with Crippen molar-refractivity contribution in [2.24, 2.45) is 0 Å². The maximum absolute atomic E-state index is 12.4. The summed E-state index contributed by atoms with van der Waals surface area (Å²) in [5, 5.41) is 0. The van der Waals surface area contributed by atoms with E-state index in [4.69, 9.17) is 0 Å². The van der Waals surface area contributed by atoms with Gasteiger partial charge < -0.3 is 0 Å². The molecule has 2 aliphatic carbocycles. The fourth-order valence-electron chi connectivity index (χ4n) is 5.21. The van der Waals surface area contributed by atoms with Crippen molar-refractivity contribution in [3.63, 3.8) is 0 Å². The minimum absolute atomic E-state index is 0.0541. The van der Waals surface area contributed by atoms with Gasteiger partial charge in [0.05, 0.1) is 0 Å². The average molecular weight is 582 g/mol. The Labute approximate surface area is 241 Å². The van der Waals surface area contributed by atoms with Gasteiger partial charge in [-0.25, -0.2) is 9.59 Å². The van der Waals surface area contributed by atoms with E-state index in [1.807, 2.05) is 18.2 Å². The Morgan fingerprint density at radius 1 is 0.763 bits per heavy atom. The second-order valence-electron chi connectivity index (χ2n) is 10.7. The molecule has 38 heavy (non-hydrogen) atoms. The molecule has 2 rings (SSSR count). The van der Waals surface area contributed by atoms with Gasteiger partial charge in [-0.3, -0.25) is 0 Å². The van der Waals surface area contributed by atoms with Crippen LogP contribution in [-0.4, -0.2) is 29.6 Å². The molecule has 0 aromatic rings. The summed E-state index contributed by atoms with van der Waals surface area (Å²) in [6.45, 7) is 2.50. The van der Waals surface area contributed by atoms with Crippen molar-refractivity contribution in [2.45, 2.75) is 134 Å². The third-order valence-corrected chi connectivity index (χ3v) is 12.9. The fraction of sp³-hybridized carbons (Fsp3) is 0.676. The molecule has 0 bridgehead atoms. The Kier molecular flexibility index (Phi) is 21.9. The molecule has 0 aromatic heterocycles.